The highest BCUT2D eigenvalue weighted by molar-refractivity contribution is 9.10. The van der Waals surface area contributed by atoms with Crippen LogP contribution in [0.1, 0.15) is 20.7 Å². The van der Waals surface area contributed by atoms with Crippen LogP contribution >= 0.6 is 15.9 Å². The molecule has 2 amide bonds. The minimum Gasteiger partial charge on any atom is -0.366 e. The maximum atomic E-state index is 12.8. The van der Waals surface area contributed by atoms with Crippen molar-refractivity contribution < 1.29 is 9.59 Å². The Morgan fingerprint density at radius 3 is 2.50 bits per heavy atom. The third kappa shape index (κ3) is 2.77. The average molecular weight is 415 g/mol. The van der Waals surface area contributed by atoms with Crippen LogP contribution in [0.25, 0.3) is 21.8 Å². The van der Waals surface area contributed by atoms with Crippen molar-refractivity contribution in [1.82, 2.24) is 14.8 Å². The topological polar surface area (TPSA) is 82.4 Å². The molecule has 0 spiro atoms. The van der Waals surface area contributed by atoms with Gasteiger partial charge in [0.25, 0.3) is 5.91 Å². The predicted molar refractivity (Wildman–Crippen MR) is 105 cm³/mol. The molecule has 26 heavy (non-hydrogen) atoms. The molecule has 1 saturated heterocycles. The van der Waals surface area contributed by atoms with Gasteiger partial charge in [-0.2, -0.15) is 0 Å². The van der Waals surface area contributed by atoms with Crippen molar-refractivity contribution in [1.29, 1.82) is 0 Å². The van der Waals surface area contributed by atoms with Gasteiger partial charge >= 0.3 is 0 Å². The number of benzene rings is 2. The first kappa shape index (κ1) is 17.1. The monoisotopic (exact) mass is 414 g/mol. The Morgan fingerprint density at radius 2 is 1.81 bits per heavy atom. The first-order valence-corrected chi connectivity index (χ1v) is 9.26. The van der Waals surface area contributed by atoms with Crippen LogP contribution in [-0.4, -0.2) is 59.8 Å². The molecular weight excluding hydrogens is 396 g/mol. The van der Waals surface area contributed by atoms with Crippen molar-refractivity contribution in [2.75, 3.05) is 33.2 Å². The minimum absolute atomic E-state index is 0.0514. The average Bonchev–Trinajstić information content (AvgIpc) is 3.00. The van der Waals surface area contributed by atoms with E-state index in [1.54, 1.807) is 6.07 Å². The van der Waals surface area contributed by atoms with Crippen LogP contribution in [0.15, 0.2) is 34.8 Å². The number of halogens is 1. The van der Waals surface area contributed by atoms with E-state index in [1.165, 1.54) is 0 Å². The number of nitrogens with zero attached hydrogens (tertiary/aromatic N) is 2. The fourth-order valence-corrected chi connectivity index (χ4v) is 4.22. The van der Waals surface area contributed by atoms with Gasteiger partial charge in [0, 0.05) is 58.0 Å². The van der Waals surface area contributed by atoms with Crippen molar-refractivity contribution >= 4 is 49.6 Å². The van der Waals surface area contributed by atoms with Crippen molar-refractivity contribution in [2.45, 2.75) is 0 Å². The van der Waals surface area contributed by atoms with Crippen LogP contribution in [-0.2, 0) is 0 Å². The van der Waals surface area contributed by atoms with Gasteiger partial charge in [0.05, 0.1) is 5.56 Å². The Labute approximate surface area is 159 Å². The summed E-state index contributed by atoms with van der Waals surface area (Å²) in [7, 11) is 2.07. The summed E-state index contributed by atoms with van der Waals surface area (Å²) < 4.78 is 0.673. The number of carbonyl (C=O) groups excluding carboxylic acids is 2. The zero-order valence-electron chi connectivity index (χ0n) is 14.4. The number of fused-ring (bicyclic) bond motifs is 3. The predicted octanol–water partition coefficient (Wildman–Crippen LogP) is 2.57. The zero-order chi connectivity index (χ0) is 18.4. The fraction of sp³-hybridized carbons (Fsp3) is 0.263. The summed E-state index contributed by atoms with van der Waals surface area (Å²) in [5.74, 6) is -0.425. The van der Waals surface area contributed by atoms with Gasteiger partial charge < -0.3 is 20.5 Å². The second-order valence-electron chi connectivity index (χ2n) is 6.69. The lowest BCUT2D eigenvalue weighted by Gasteiger charge is -2.32. The summed E-state index contributed by atoms with van der Waals surface area (Å²) in [6.45, 7) is 3.27. The van der Waals surface area contributed by atoms with E-state index in [0.29, 0.717) is 15.6 Å². The Hall–Kier alpha value is -2.38. The highest BCUT2D eigenvalue weighted by Gasteiger charge is 2.21. The number of aromatic amines is 1. The van der Waals surface area contributed by atoms with Crippen LogP contribution < -0.4 is 5.73 Å². The SMILES string of the molecule is CN1CCN(C(=O)c2ccc3c(c2)[nH]c2ccc(C(N)=O)c(Br)c23)CC1. The van der Waals surface area contributed by atoms with E-state index in [2.05, 4.69) is 32.9 Å². The molecule has 0 atom stereocenters. The van der Waals surface area contributed by atoms with E-state index in [4.69, 9.17) is 5.73 Å². The molecular formula is C19H19BrN4O2. The van der Waals surface area contributed by atoms with Crippen LogP contribution in [0.2, 0.25) is 0 Å². The zero-order valence-corrected chi connectivity index (χ0v) is 16.0. The van der Waals surface area contributed by atoms with E-state index in [1.807, 2.05) is 29.2 Å². The number of H-pyrrole nitrogens is 1. The lowest BCUT2D eigenvalue weighted by molar-refractivity contribution is 0.0664. The quantitative estimate of drug-likeness (QED) is 0.675. The second kappa shape index (κ2) is 6.41. The number of aromatic nitrogens is 1. The van der Waals surface area contributed by atoms with Gasteiger partial charge in [-0.1, -0.05) is 6.07 Å². The number of amides is 2. The summed E-state index contributed by atoms with van der Waals surface area (Å²) in [6.07, 6.45) is 0. The van der Waals surface area contributed by atoms with Gasteiger partial charge in [0.2, 0.25) is 5.91 Å². The summed E-state index contributed by atoms with van der Waals surface area (Å²) in [5.41, 5.74) is 8.30. The molecule has 0 bridgehead atoms. The van der Waals surface area contributed by atoms with E-state index in [0.717, 1.165) is 48.0 Å². The standard InChI is InChI=1S/C19H19BrN4O2/c1-23-6-8-24(9-7-23)19(26)11-2-3-12-15(10-11)22-14-5-4-13(18(21)25)17(20)16(12)14/h2-5,10,22H,6-9H2,1H3,(H2,21,25). The van der Waals surface area contributed by atoms with Gasteiger partial charge in [-0.15, -0.1) is 0 Å². The van der Waals surface area contributed by atoms with E-state index < -0.39 is 5.91 Å². The molecule has 0 aliphatic carbocycles. The number of rotatable bonds is 2. The van der Waals surface area contributed by atoms with E-state index in [-0.39, 0.29) is 5.91 Å². The molecule has 1 aliphatic heterocycles. The lowest BCUT2D eigenvalue weighted by atomic mass is 10.1. The van der Waals surface area contributed by atoms with Crippen molar-refractivity contribution in [3.05, 3.63) is 45.9 Å². The molecule has 3 aromatic rings. The number of primary amides is 1. The normalized spacial score (nSPS) is 15.7. The summed E-state index contributed by atoms with van der Waals surface area (Å²) >= 11 is 3.50. The molecule has 7 heteroatoms. The molecule has 6 nitrogen and oxygen atoms in total. The van der Waals surface area contributed by atoms with Gasteiger partial charge in [-0.3, -0.25) is 9.59 Å². The number of nitrogens with one attached hydrogen (secondary N) is 1. The summed E-state index contributed by atoms with van der Waals surface area (Å²) in [4.78, 5) is 31.8. The molecule has 1 fully saturated rings. The first-order valence-electron chi connectivity index (χ1n) is 8.47. The van der Waals surface area contributed by atoms with Crippen molar-refractivity contribution in [3.8, 4) is 0 Å². The summed E-state index contributed by atoms with van der Waals surface area (Å²) in [5, 5.41) is 1.85. The highest BCUT2D eigenvalue weighted by Crippen LogP contribution is 2.34. The fourth-order valence-electron chi connectivity index (χ4n) is 3.47. The number of hydrogen-bond donors (Lipinski definition) is 2. The third-order valence-electron chi connectivity index (χ3n) is 5.00. The molecule has 4 rings (SSSR count). The molecule has 0 radical (unpaired) electrons. The van der Waals surface area contributed by atoms with Crippen LogP contribution in [0.3, 0.4) is 0 Å². The second-order valence-corrected chi connectivity index (χ2v) is 7.49. The third-order valence-corrected chi connectivity index (χ3v) is 5.83. The van der Waals surface area contributed by atoms with Crippen LogP contribution in [0.5, 0.6) is 0 Å². The van der Waals surface area contributed by atoms with Gasteiger partial charge in [-0.05, 0) is 47.2 Å². The van der Waals surface area contributed by atoms with Crippen LogP contribution in [0.4, 0.5) is 0 Å². The number of nitrogens with two attached hydrogens (primary N) is 1. The Balaban J connectivity index is 1.76. The molecule has 2 heterocycles. The Bertz CT molecular complexity index is 1030. The van der Waals surface area contributed by atoms with Crippen molar-refractivity contribution in [3.63, 3.8) is 0 Å². The molecule has 3 N–H and O–H groups in total. The minimum atomic E-state index is -0.477. The molecule has 1 aromatic heterocycles. The lowest BCUT2D eigenvalue weighted by Crippen LogP contribution is -2.47. The van der Waals surface area contributed by atoms with E-state index >= 15 is 0 Å². The van der Waals surface area contributed by atoms with Gasteiger partial charge in [0.15, 0.2) is 0 Å². The molecule has 0 unspecified atom stereocenters. The number of likely N-dealkylation sites (N-methyl/N-ethyl adjacent to an activating group) is 1. The van der Waals surface area contributed by atoms with Crippen molar-refractivity contribution in [2.24, 2.45) is 5.73 Å². The molecule has 0 saturated carbocycles. The Kier molecular flexibility index (Phi) is 4.20. The first-order chi connectivity index (χ1) is 12.5. The molecule has 1 aliphatic rings. The Morgan fingerprint density at radius 1 is 1.08 bits per heavy atom. The maximum Gasteiger partial charge on any atom is 0.254 e. The number of hydrogen-bond acceptors (Lipinski definition) is 3. The molecule has 134 valence electrons. The maximum absolute atomic E-state index is 12.8. The highest BCUT2D eigenvalue weighted by atomic mass is 79.9. The van der Waals surface area contributed by atoms with Gasteiger partial charge in [-0.25, -0.2) is 0 Å². The number of carbonyl (C=O) groups is 2. The smallest absolute Gasteiger partial charge is 0.254 e. The number of piperazine rings is 1. The van der Waals surface area contributed by atoms with Gasteiger partial charge in [0.1, 0.15) is 0 Å². The largest absolute Gasteiger partial charge is 0.366 e. The molecule has 2 aromatic carbocycles. The van der Waals surface area contributed by atoms with Crippen LogP contribution in [0, 0.1) is 0 Å². The summed E-state index contributed by atoms with van der Waals surface area (Å²) in [6, 6.07) is 9.18. The van der Waals surface area contributed by atoms with E-state index in [9.17, 15) is 9.59 Å².